The van der Waals surface area contributed by atoms with E-state index in [9.17, 15) is 0 Å². The number of rotatable bonds is 7. The van der Waals surface area contributed by atoms with Crippen molar-refractivity contribution >= 4 is 24.8 Å². The molecule has 0 amide bonds. The molecule has 2 fully saturated rings. The molecule has 5 heterocycles. The molecule has 5 rings (SSSR count). The summed E-state index contributed by atoms with van der Waals surface area (Å²) in [6.45, 7) is 11.7. The minimum Gasteiger partial charge on any atom is -0.369 e. The first-order valence-electron chi connectivity index (χ1n) is 12.3. The maximum atomic E-state index is 6.11. The number of pyridine rings is 1. The second kappa shape index (κ2) is 9.16. The van der Waals surface area contributed by atoms with Crippen LogP contribution in [0.4, 0.5) is 5.69 Å². The van der Waals surface area contributed by atoms with Gasteiger partial charge in [-0.15, -0.1) is 0 Å². The van der Waals surface area contributed by atoms with Crippen LogP contribution >= 0.6 is 0 Å². The van der Waals surface area contributed by atoms with Crippen LogP contribution in [0.1, 0.15) is 25.7 Å². The van der Waals surface area contributed by atoms with Gasteiger partial charge in [-0.25, -0.2) is 15.0 Å². The van der Waals surface area contributed by atoms with Crippen molar-refractivity contribution in [2.75, 3.05) is 31.1 Å². The molecule has 0 saturated carbocycles. The van der Waals surface area contributed by atoms with Crippen molar-refractivity contribution in [1.29, 1.82) is 0 Å². The van der Waals surface area contributed by atoms with Gasteiger partial charge in [0.05, 0.1) is 16.8 Å². The molecule has 1 spiro atoms. The Bertz CT molecular complexity index is 1090. The summed E-state index contributed by atoms with van der Waals surface area (Å²) >= 11 is 0. The molecular formula is C25H36N6OSi. The van der Waals surface area contributed by atoms with E-state index in [1.54, 1.807) is 6.33 Å². The molecule has 2 aliphatic heterocycles. The van der Waals surface area contributed by atoms with Crippen molar-refractivity contribution in [3.63, 3.8) is 0 Å². The Balaban J connectivity index is 1.49. The van der Waals surface area contributed by atoms with Gasteiger partial charge in [0.2, 0.25) is 0 Å². The van der Waals surface area contributed by atoms with E-state index in [2.05, 4.69) is 56.7 Å². The average molecular weight is 465 g/mol. The molecule has 0 aromatic carbocycles. The highest BCUT2D eigenvalue weighted by molar-refractivity contribution is 6.76. The molecule has 3 aromatic heterocycles. The lowest BCUT2D eigenvalue weighted by Crippen LogP contribution is -2.50. The van der Waals surface area contributed by atoms with Gasteiger partial charge in [0.25, 0.3) is 0 Å². The van der Waals surface area contributed by atoms with Crippen LogP contribution in [0.2, 0.25) is 25.7 Å². The third kappa shape index (κ3) is 4.83. The quantitative estimate of drug-likeness (QED) is 0.409. The summed E-state index contributed by atoms with van der Waals surface area (Å²) in [6.07, 6.45) is 12.6. The lowest BCUT2D eigenvalue weighted by molar-refractivity contribution is 0.0899. The van der Waals surface area contributed by atoms with Crippen LogP contribution in [0, 0.1) is 0 Å². The lowest BCUT2D eigenvalue weighted by atomic mass is 9.88. The first-order valence-corrected chi connectivity index (χ1v) is 16.0. The van der Waals surface area contributed by atoms with Crippen molar-refractivity contribution in [1.82, 2.24) is 24.8 Å². The average Bonchev–Trinajstić information content (AvgIpc) is 3.39. The zero-order valence-electron chi connectivity index (χ0n) is 20.2. The fourth-order valence-corrected chi connectivity index (χ4v) is 5.96. The molecule has 176 valence electrons. The predicted octanol–water partition coefficient (Wildman–Crippen LogP) is 4.53. The molecule has 0 bridgehead atoms. The Morgan fingerprint density at radius 3 is 2.79 bits per heavy atom. The predicted molar refractivity (Wildman–Crippen MR) is 136 cm³/mol. The van der Waals surface area contributed by atoms with Gasteiger partial charge in [0.15, 0.2) is 0 Å². The van der Waals surface area contributed by atoms with E-state index in [4.69, 9.17) is 9.72 Å². The van der Waals surface area contributed by atoms with Crippen molar-refractivity contribution in [3.8, 4) is 11.3 Å². The fourth-order valence-electron chi connectivity index (χ4n) is 5.20. The van der Waals surface area contributed by atoms with Crippen molar-refractivity contribution in [2.24, 2.45) is 0 Å². The van der Waals surface area contributed by atoms with Gasteiger partial charge in [-0.2, -0.15) is 0 Å². The molecule has 0 aliphatic carbocycles. The van der Waals surface area contributed by atoms with Crippen LogP contribution in [-0.2, 0) is 11.5 Å². The summed E-state index contributed by atoms with van der Waals surface area (Å²) in [7, 11) is -1.12. The second-order valence-corrected chi connectivity index (χ2v) is 16.4. The number of ether oxygens (including phenoxy) is 1. The number of nitrogens with one attached hydrogen (secondary N) is 1. The van der Waals surface area contributed by atoms with E-state index in [1.807, 2.05) is 18.5 Å². The Morgan fingerprint density at radius 2 is 2.03 bits per heavy atom. The first-order chi connectivity index (χ1) is 15.9. The molecule has 2 saturated heterocycles. The number of fused-ring (bicyclic) bond motifs is 1. The summed E-state index contributed by atoms with van der Waals surface area (Å²) in [6, 6.07) is 5.31. The molecule has 3 aromatic rings. The molecular weight excluding hydrogens is 428 g/mol. The minimum absolute atomic E-state index is 0.255. The third-order valence-electron chi connectivity index (χ3n) is 7.10. The number of nitrogens with zero attached hydrogens (tertiary/aromatic N) is 5. The van der Waals surface area contributed by atoms with E-state index >= 15 is 0 Å². The van der Waals surface area contributed by atoms with Crippen molar-refractivity contribution < 1.29 is 4.74 Å². The Hall–Kier alpha value is -2.29. The van der Waals surface area contributed by atoms with Gasteiger partial charge in [-0.1, -0.05) is 26.1 Å². The van der Waals surface area contributed by atoms with E-state index in [1.165, 1.54) is 31.4 Å². The highest BCUT2D eigenvalue weighted by Gasteiger charge is 2.39. The molecule has 0 unspecified atom stereocenters. The number of hydrogen-bond donors (Lipinski definition) is 1. The smallest absolute Gasteiger partial charge is 0.144 e. The third-order valence-corrected chi connectivity index (χ3v) is 8.80. The first kappa shape index (κ1) is 22.5. The Kier molecular flexibility index (Phi) is 6.24. The monoisotopic (exact) mass is 464 g/mol. The van der Waals surface area contributed by atoms with Gasteiger partial charge in [0, 0.05) is 57.5 Å². The molecule has 0 radical (unpaired) electrons. The SMILES string of the molecule is C[Si](C)(C)CCOCn1cc(-c2ccncn2)c2c(N3CC[C@]4(CCCCN4)C3)ccnc21. The summed E-state index contributed by atoms with van der Waals surface area (Å²) < 4.78 is 8.25. The van der Waals surface area contributed by atoms with E-state index in [0.29, 0.717) is 6.73 Å². The van der Waals surface area contributed by atoms with Crippen LogP contribution in [-0.4, -0.2) is 59.4 Å². The highest BCUT2D eigenvalue weighted by atomic mass is 28.3. The van der Waals surface area contributed by atoms with Crippen molar-refractivity contribution in [2.45, 2.75) is 63.6 Å². The van der Waals surface area contributed by atoms with Gasteiger partial charge < -0.3 is 19.5 Å². The molecule has 8 heteroatoms. The molecule has 1 N–H and O–H groups in total. The molecule has 7 nitrogen and oxygen atoms in total. The van der Waals surface area contributed by atoms with Gasteiger partial charge in [-0.3, -0.25) is 0 Å². The number of piperidine rings is 1. The second-order valence-electron chi connectivity index (χ2n) is 10.8. The standard InChI is InChI=1S/C25H36N6OSi/c1-33(2,3)15-14-32-19-31-16-20(21-6-11-26-18-28-21)23-22(7-12-27-24(23)31)30-13-9-25(17-30)8-4-5-10-29-25/h6-7,11-12,16,18,29H,4-5,8-10,13-15,17,19H2,1-3H3/t25-/m1/s1. The van der Waals surface area contributed by atoms with Crippen LogP contribution < -0.4 is 10.2 Å². The summed E-state index contributed by atoms with van der Waals surface area (Å²) in [5, 5.41) is 5.01. The topological polar surface area (TPSA) is 68.1 Å². The van der Waals surface area contributed by atoms with E-state index < -0.39 is 8.07 Å². The lowest BCUT2D eigenvalue weighted by Gasteiger charge is -2.35. The maximum absolute atomic E-state index is 6.11. The molecule has 33 heavy (non-hydrogen) atoms. The number of aromatic nitrogens is 4. The summed E-state index contributed by atoms with van der Waals surface area (Å²) in [4.78, 5) is 16.0. The largest absolute Gasteiger partial charge is 0.369 e. The van der Waals surface area contributed by atoms with Crippen LogP contribution in [0.25, 0.3) is 22.3 Å². The van der Waals surface area contributed by atoms with Crippen LogP contribution in [0.15, 0.2) is 37.1 Å². The summed E-state index contributed by atoms with van der Waals surface area (Å²) in [5.74, 6) is 0. The minimum atomic E-state index is -1.12. The zero-order valence-corrected chi connectivity index (χ0v) is 21.2. The fraction of sp³-hybridized carbons (Fsp3) is 0.560. The van der Waals surface area contributed by atoms with E-state index in [0.717, 1.165) is 54.6 Å². The van der Waals surface area contributed by atoms with Crippen LogP contribution in [0.5, 0.6) is 0 Å². The van der Waals surface area contributed by atoms with Gasteiger partial charge in [0.1, 0.15) is 18.7 Å². The number of hydrogen-bond acceptors (Lipinski definition) is 6. The zero-order chi connectivity index (χ0) is 22.9. The molecule has 1 atom stereocenters. The Morgan fingerprint density at radius 1 is 1.12 bits per heavy atom. The van der Waals surface area contributed by atoms with Crippen molar-refractivity contribution in [3.05, 3.63) is 37.1 Å². The van der Waals surface area contributed by atoms with Gasteiger partial charge in [-0.05, 0) is 44.0 Å². The van der Waals surface area contributed by atoms with Gasteiger partial charge >= 0.3 is 0 Å². The maximum Gasteiger partial charge on any atom is 0.144 e. The highest BCUT2D eigenvalue weighted by Crippen LogP contribution is 2.39. The number of anilines is 1. The molecule has 2 aliphatic rings. The van der Waals surface area contributed by atoms with Crippen LogP contribution in [0.3, 0.4) is 0 Å². The summed E-state index contributed by atoms with van der Waals surface area (Å²) in [5.41, 5.74) is 4.49. The Labute approximate surface area is 197 Å². The van der Waals surface area contributed by atoms with E-state index in [-0.39, 0.29) is 5.54 Å². The normalized spacial score (nSPS) is 21.4.